The van der Waals surface area contributed by atoms with E-state index in [-0.39, 0.29) is 12.1 Å². The van der Waals surface area contributed by atoms with Crippen LogP contribution in [-0.2, 0) is 4.84 Å². The summed E-state index contributed by atoms with van der Waals surface area (Å²) in [6.45, 7) is 3.75. The summed E-state index contributed by atoms with van der Waals surface area (Å²) in [5.74, 6) is 0. The normalized spacial score (nSPS) is 31.2. The van der Waals surface area contributed by atoms with Crippen molar-refractivity contribution < 1.29 is 9.63 Å². The summed E-state index contributed by atoms with van der Waals surface area (Å²) in [5, 5.41) is 8.36. The first-order valence-electron chi connectivity index (χ1n) is 3.45. The number of nitrogens with zero attached hydrogens (tertiary/aromatic N) is 3. The molecule has 0 aromatic heterocycles. The fourth-order valence-corrected chi connectivity index (χ4v) is 0.896. The zero-order chi connectivity index (χ0) is 8.43. The van der Waals surface area contributed by atoms with Gasteiger partial charge in [0, 0.05) is 0 Å². The van der Waals surface area contributed by atoms with Crippen LogP contribution in [0.2, 0.25) is 0 Å². The number of hydroxylamine groups is 2. The highest BCUT2D eigenvalue weighted by atomic mass is 16.7. The molecule has 62 valence electrons. The van der Waals surface area contributed by atoms with E-state index in [1.165, 1.54) is 12.2 Å². The zero-order valence-electron chi connectivity index (χ0n) is 6.81. The highest BCUT2D eigenvalue weighted by molar-refractivity contribution is 5.74. The molecule has 5 nitrogen and oxygen atoms in total. The maximum atomic E-state index is 10.9. The van der Waals surface area contributed by atoms with E-state index < -0.39 is 6.03 Å². The highest BCUT2D eigenvalue weighted by Crippen LogP contribution is 2.14. The lowest BCUT2D eigenvalue weighted by Crippen LogP contribution is -2.44. The molecule has 1 aliphatic rings. The number of urea groups is 1. The summed E-state index contributed by atoms with van der Waals surface area (Å²) >= 11 is 0. The predicted octanol–water partition coefficient (Wildman–Crippen LogP) is 1.21. The van der Waals surface area contributed by atoms with Crippen LogP contribution in [0, 0.1) is 0 Å². The molecule has 0 aromatic carbocycles. The molecule has 11 heavy (non-hydrogen) atoms. The molecule has 1 heterocycles. The Bertz CT molecular complexity index is 192. The van der Waals surface area contributed by atoms with Crippen LogP contribution in [0.1, 0.15) is 13.8 Å². The largest absolute Gasteiger partial charge is 0.386 e. The van der Waals surface area contributed by atoms with Gasteiger partial charge in [0.05, 0.1) is 19.2 Å². The van der Waals surface area contributed by atoms with Crippen LogP contribution in [0.25, 0.3) is 0 Å². The van der Waals surface area contributed by atoms with Gasteiger partial charge in [0.15, 0.2) is 0 Å². The third kappa shape index (κ3) is 1.37. The van der Waals surface area contributed by atoms with E-state index in [0.29, 0.717) is 0 Å². The summed E-state index contributed by atoms with van der Waals surface area (Å²) in [4.78, 5) is 15.7. The van der Waals surface area contributed by atoms with Crippen molar-refractivity contribution in [3.8, 4) is 0 Å². The minimum absolute atomic E-state index is 0.00708. The first kappa shape index (κ1) is 8.13. The average Bonchev–Trinajstić information content (AvgIpc) is 1.99. The van der Waals surface area contributed by atoms with E-state index in [2.05, 4.69) is 10.2 Å². The fourth-order valence-electron chi connectivity index (χ4n) is 0.896. The molecular weight excluding hydrogens is 146 g/mol. The van der Waals surface area contributed by atoms with Crippen LogP contribution < -0.4 is 0 Å². The topological polar surface area (TPSA) is 54.3 Å². The standard InChI is InChI=1S/C6H11N3O2/c1-4-5(2)9(11-3)6(10)8-7-4/h4-5H,1-3H3. The molecule has 0 spiro atoms. The van der Waals surface area contributed by atoms with Gasteiger partial charge in [-0.1, -0.05) is 5.11 Å². The molecule has 0 fully saturated rings. The van der Waals surface area contributed by atoms with Crippen molar-refractivity contribution in [2.24, 2.45) is 10.2 Å². The zero-order valence-corrected chi connectivity index (χ0v) is 6.81. The lowest BCUT2D eigenvalue weighted by atomic mass is 10.2. The molecule has 0 N–H and O–H groups in total. The van der Waals surface area contributed by atoms with Crippen molar-refractivity contribution in [1.29, 1.82) is 0 Å². The molecule has 0 saturated carbocycles. The maximum absolute atomic E-state index is 10.9. The smallest absolute Gasteiger partial charge is 0.272 e. The Hall–Kier alpha value is -0.970. The van der Waals surface area contributed by atoms with Crippen LogP contribution in [0.4, 0.5) is 4.79 Å². The van der Waals surface area contributed by atoms with Gasteiger partial charge in [-0.15, -0.1) is 0 Å². The number of amides is 2. The molecule has 2 unspecified atom stereocenters. The summed E-state index contributed by atoms with van der Waals surface area (Å²) < 4.78 is 0. The highest BCUT2D eigenvalue weighted by Gasteiger charge is 2.28. The molecular formula is C6H11N3O2. The summed E-state index contributed by atoms with van der Waals surface area (Å²) in [5.41, 5.74) is 0. The van der Waals surface area contributed by atoms with Crippen LogP contribution in [0.3, 0.4) is 0 Å². The molecule has 1 aliphatic heterocycles. The number of hydrogen-bond acceptors (Lipinski definition) is 3. The van der Waals surface area contributed by atoms with Crippen LogP contribution in [0.5, 0.6) is 0 Å². The summed E-state index contributed by atoms with van der Waals surface area (Å²) in [6.07, 6.45) is 0. The fraction of sp³-hybridized carbons (Fsp3) is 0.833. The van der Waals surface area contributed by atoms with Gasteiger partial charge in [0.1, 0.15) is 0 Å². The van der Waals surface area contributed by atoms with E-state index in [4.69, 9.17) is 4.84 Å². The van der Waals surface area contributed by atoms with Gasteiger partial charge in [-0.3, -0.25) is 4.84 Å². The average molecular weight is 157 g/mol. The van der Waals surface area contributed by atoms with Crippen LogP contribution >= 0.6 is 0 Å². The van der Waals surface area contributed by atoms with Crippen molar-refractivity contribution in [2.45, 2.75) is 25.9 Å². The van der Waals surface area contributed by atoms with Gasteiger partial charge in [0.2, 0.25) is 0 Å². The minimum Gasteiger partial charge on any atom is -0.272 e. The minimum atomic E-state index is -0.432. The second kappa shape index (κ2) is 2.96. The molecule has 0 aromatic rings. The van der Waals surface area contributed by atoms with Gasteiger partial charge in [-0.05, 0) is 13.8 Å². The van der Waals surface area contributed by atoms with Crippen molar-refractivity contribution >= 4 is 6.03 Å². The van der Waals surface area contributed by atoms with E-state index >= 15 is 0 Å². The number of azo groups is 1. The van der Waals surface area contributed by atoms with Crippen molar-refractivity contribution in [3.05, 3.63) is 0 Å². The summed E-state index contributed by atoms with van der Waals surface area (Å²) in [6, 6.07) is -0.462. The lowest BCUT2D eigenvalue weighted by molar-refractivity contribution is -0.119. The van der Waals surface area contributed by atoms with E-state index in [1.807, 2.05) is 13.8 Å². The maximum Gasteiger partial charge on any atom is 0.386 e. The Labute approximate surface area is 65.0 Å². The van der Waals surface area contributed by atoms with E-state index in [9.17, 15) is 4.79 Å². The third-order valence-electron chi connectivity index (χ3n) is 1.78. The van der Waals surface area contributed by atoms with Crippen molar-refractivity contribution in [1.82, 2.24) is 5.06 Å². The van der Waals surface area contributed by atoms with Gasteiger partial charge in [0.25, 0.3) is 0 Å². The number of hydrogen-bond donors (Lipinski definition) is 0. The van der Waals surface area contributed by atoms with Gasteiger partial charge < -0.3 is 0 Å². The molecule has 2 amide bonds. The van der Waals surface area contributed by atoms with Crippen LogP contribution in [-0.4, -0.2) is 30.3 Å². The van der Waals surface area contributed by atoms with E-state index in [0.717, 1.165) is 0 Å². The Morgan fingerprint density at radius 3 is 2.64 bits per heavy atom. The van der Waals surface area contributed by atoms with E-state index in [1.54, 1.807) is 0 Å². The molecule has 0 radical (unpaired) electrons. The second-order valence-electron chi connectivity index (χ2n) is 2.49. The quantitative estimate of drug-likeness (QED) is 0.574. The first-order chi connectivity index (χ1) is 5.16. The van der Waals surface area contributed by atoms with Crippen LogP contribution in [0.15, 0.2) is 10.2 Å². The van der Waals surface area contributed by atoms with Crippen molar-refractivity contribution in [2.75, 3.05) is 7.11 Å². The Balaban J connectivity index is 2.78. The number of carbonyl (C=O) groups excluding carboxylic acids is 1. The second-order valence-corrected chi connectivity index (χ2v) is 2.49. The van der Waals surface area contributed by atoms with Gasteiger partial charge >= 0.3 is 6.03 Å². The molecule has 2 atom stereocenters. The summed E-state index contributed by atoms with van der Waals surface area (Å²) in [7, 11) is 1.45. The Kier molecular flexibility index (Phi) is 2.19. The van der Waals surface area contributed by atoms with Gasteiger partial charge in [-0.2, -0.15) is 10.2 Å². The molecule has 5 heteroatoms. The van der Waals surface area contributed by atoms with Crippen molar-refractivity contribution in [3.63, 3.8) is 0 Å². The van der Waals surface area contributed by atoms with Gasteiger partial charge in [-0.25, -0.2) is 4.79 Å². The first-order valence-corrected chi connectivity index (χ1v) is 3.45. The molecule has 0 aliphatic carbocycles. The third-order valence-corrected chi connectivity index (χ3v) is 1.78. The monoisotopic (exact) mass is 157 g/mol. The molecule has 0 bridgehead atoms. The SMILES string of the molecule is CON1C(=O)N=NC(C)C1C. The lowest BCUT2D eigenvalue weighted by Gasteiger charge is -2.29. The Morgan fingerprint density at radius 2 is 2.18 bits per heavy atom. The number of carbonyl (C=O) groups is 1. The predicted molar refractivity (Wildman–Crippen MR) is 38.0 cm³/mol. The Morgan fingerprint density at radius 1 is 1.55 bits per heavy atom. The number of rotatable bonds is 1. The molecule has 1 rings (SSSR count). The molecule has 0 saturated heterocycles.